The summed E-state index contributed by atoms with van der Waals surface area (Å²) in [7, 11) is 0. The van der Waals surface area contributed by atoms with Gasteiger partial charge in [-0.15, -0.1) is 0 Å². The number of esters is 1. The Balaban J connectivity index is 1.89. The Morgan fingerprint density at radius 1 is 1.14 bits per heavy atom. The van der Waals surface area contributed by atoms with E-state index in [9.17, 15) is 14.9 Å². The molecule has 180 valence electrons. The van der Waals surface area contributed by atoms with Gasteiger partial charge in [0.25, 0.3) is 0 Å². The second kappa shape index (κ2) is 11.6. The SMILES string of the molecule is C=CCOC(=O)C1=C(C)NC(SCC(=O)Nc2ccc(C)cc2C)=C(C#N)[C@@H]1c1ccc(C)cc1. The minimum absolute atomic E-state index is 0.0715. The molecule has 6 nitrogen and oxygen atoms in total. The molecule has 0 aliphatic carbocycles. The van der Waals surface area contributed by atoms with E-state index in [2.05, 4.69) is 23.3 Å². The first-order valence-electron chi connectivity index (χ1n) is 11.2. The van der Waals surface area contributed by atoms with Gasteiger partial charge >= 0.3 is 5.97 Å². The molecule has 0 bridgehead atoms. The summed E-state index contributed by atoms with van der Waals surface area (Å²) in [5, 5.41) is 16.8. The Morgan fingerprint density at radius 3 is 2.46 bits per heavy atom. The average molecular weight is 488 g/mol. The normalized spacial score (nSPS) is 15.2. The number of benzene rings is 2. The molecular formula is C28H29N3O3S. The number of hydrogen-bond donors (Lipinski definition) is 2. The van der Waals surface area contributed by atoms with E-state index < -0.39 is 11.9 Å². The monoisotopic (exact) mass is 487 g/mol. The van der Waals surface area contributed by atoms with Crippen molar-refractivity contribution < 1.29 is 14.3 Å². The highest BCUT2D eigenvalue weighted by Gasteiger charge is 2.35. The maximum Gasteiger partial charge on any atom is 0.337 e. The molecule has 0 aromatic heterocycles. The van der Waals surface area contributed by atoms with Crippen LogP contribution in [0.15, 0.2) is 77.0 Å². The fourth-order valence-corrected chi connectivity index (χ4v) is 4.77. The Morgan fingerprint density at radius 2 is 1.83 bits per heavy atom. The molecule has 0 spiro atoms. The van der Waals surface area contributed by atoms with Crippen molar-refractivity contribution in [2.75, 3.05) is 17.7 Å². The van der Waals surface area contributed by atoms with Gasteiger partial charge in [0.05, 0.1) is 33.9 Å². The third-order valence-electron chi connectivity index (χ3n) is 5.61. The van der Waals surface area contributed by atoms with Crippen LogP contribution in [-0.4, -0.2) is 24.2 Å². The minimum atomic E-state index is -0.607. The summed E-state index contributed by atoms with van der Waals surface area (Å²) in [6.07, 6.45) is 1.50. The van der Waals surface area contributed by atoms with E-state index in [4.69, 9.17) is 4.74 Å². The molecule has 2 aromatic rings. The Hall–Kier alpha value is -3.76. The zero-order valence-electron chi connectivity index (χ0n) is 20.4. The number of nitriles is 1. The summed E-state index contributed by atoms with van der Waals surface area (Å²) in [6.45, 7) is 11.4. The van der Waals surface area contributed by atoms with Crippen molar-refractivity contribution >= 4 is 29.3 Å². The molecular weight excluding hydrogens is 458 g/mol. The van der Waals surface area contributed by atoms with E-state index in [1.807, 2.05) is 63.2 Å². The lowest BCUT2D eigenvalue weighted by Gasteiger charge is -2.29. The van der Waals surface area contributed by atoms with Crippen molar-refractivity contribution in [3.8, 4) is 6.07 Å². The van der Waals surface area contributed by atoms with Crippen LogP contribution in [0.25, 0.3) is 0 Å². The van der Waals surface area contributed by atoms with Gasteiger partial charge in [0, 0.05) is 11.4 Å². The number of aryl methyl sites for hydroxylation is 3. The zero-order chi connectivity index (χ0) is 25.5. The number of carbonyl (C=O) groups excluding carboxylic acids is 2. The van der Waals surface area contributed by atoms with Gasteiger partial charge < -0.3 is 15.4 Å². The van der Waals surface area contributed by atoms with E-state index in [1.165, 1.54) is 17.8 Å². The lowest BCUT2D eigenvalue weighted by Crippen LogP contribution is -2.29. The van der Waals surface area contributed by atoms with E-state index in [0.717, 1.165) is 27.9 Å². The van der Waals surface area contributed by atoms with Crippen LogP contribution in [-0.2, 0) is 14.3 Å². The molecule has 0 radical (unpaired) electrons. The lowest BCUT2D eigenvalue weighted by molar-refractivity contribution is -0.138. The molecule has 0 unspecified atom stereocenters. The number of carbonyl (C=O) groups is 2. The van der Waals surface area contributed by atoms with Crippen molar-refractivity contribution in [1.29, 1.82) is 5.26 Å². The van der Waals surface area contributed by atoms with Gasteiger partial charge in [-0.3, -0.25) is 4.79 Å². The highest BCUT2D eigenvalue weighted by atomic mass is 32.2. The summed E-state index contributed by atoms with van der Waals surface area (Å²) in [5.74, 6) is -1.20. The third-order valence-corrected chi connectivity index (χ3v) is 6.63. The van der Waals surface area contributed by atoms with Crippen molar-refractivity contribution in [2.24, 2.45) is 0 Å². The summed E-state index contributed by atoms with van der Waals surface area (Å²) in [4.78, 5) is 25.6. The Bertz CT molecular complexity index is 1250. The summed E-state index contributed by atoms with van der Waals surface area (Å²) >= 11 is 1.23. The smallest absolute Gasteiger partial charge is 0.337 e. The number of amides is 1. The third kappa shape index (κ3) is 6.23. The maximum atomic E-state index is 12.9. The van der Waals surface area contributed by atoms with Crippen LogP contribution in [0.4, 0.5) is 5.69 Å². The van der Waals surface area contributed by atoms with Crippen molar-refractivity contribution in [2.45, 2.75) is 33.6 Å². The first-order valence-corrected chi connectivity index (χ1v) is 12.2. The standard InChI is InChI=1S/C28H29N3O3S/c1-6-13-34-28(33)25-20(5)30-27(22(15-29)26(25)21-10-7-17(2)8-11-21)35-16-24(32)31-23-12-9-18(3)14-19(23)4/h6-12,14,26,30H,1,13,16H2,2-5H3,(H,31,32)/t26-/m0/s1. The maximum absolute atomic E-state index is 12.9. The number of rotatable bonds is 8. The van der Waals surface area contributed by atoms with Crippen LogP contribution in [0, 0.1) is 32.1 Å². The van der Waals surface area contributed by atoms with Crippen LogP contribution < -0.4 is 10.6 Å². The largest absolute Gasteiger partial charge is 0.458 e. The van der Waals surface area contributed by atoms with Crippen LogP contribution in [0.3, 0.4) is 0 Å². The highest BCUT2D eigenvalue weighted by Crippen LogP contribution is 2.41. The first-order chi connectivity index (χ1) is 16.7. The van der Waals surface area contributed by atoms with Gasteiger partial charge in [0.1, 0.15) is 6.61 Å². The molecule has 0 saturated carbocycles. The lowest BCUT2D eigenvalue weighted by atomic mass is 9.82. The average Bonchev–Trinajstić information content (AvgIpc) is 2.83. The second-order valence-corrected chi connectivity index (χ2v) is 9.39. The van der Waals surface area contributed by atoms with Gasteiger partial charge in [-0.05, 0) is 44.9 Å². The van der Waals surface area contributed by atoms with E-state index in [-0.39, 0.29) is 18.3 Å². The number of thioether (sulfide) groups is 1. The quantitative estimate of drug-likeness (QED) is 0.382. The molecule has 1 heterocycles. The highest BCUT2D eigenvalue weighted by molar-refractivity contribution is 8.03. The predicted octanol–water partition coefficient (Wildman–Crippen LogP) is 5.41. The molecule has 1 aliphatic rings. The molecule has 35 heavy (non-hydrogen) atoms. The van der Waals surface area contributed by atoms with Crippen molar-refractivity contribution in [1.82, 2.24) is 5.32 Å². The summed E-state index contributed by atoms with van der Waals surface area (Å²) in [6, 6.07) is 15.8. The molecule has 1 atom stereocenters. The minimum Gasteiger partial charge on any atom is -0.458 e. The van der Waals surface area contributed by atoms with Crippen molar-refractivity contribution in [3.05, 3.63) is 99.2 Å². The Labute approximate surface area is 210 Å². The van der Waals surface area contributed by atoms with E-state index in [0.29, 0.717) is 21.9 Å². The van der Waals surface area contributed by atoms with E-state index in [1.54, 1.807) is 6.92 Å². The number of nitrogens with one attached hydrogen (secondary N) is 2. The molecule has 1 aliphatic heterocycles. The van der Waals surface area contributed by atoms with Gasteiger partial charge in [0.15, 0.2) is 0 Å². The van der Waals surface area contributed by atoms with Crippen LogP contribution in [0.5, 0.6) is 0 Å². The van der Waals surface area contributed by atoms with Gasteiger partial charge in [-0.25, -0.2) is 4.79 Å². The fraction of sp³-hybridized carbons (Fsp3) is 0.250. The molecule has 2 aromatic carbocycles. The molecule has 7 heteroatoms. The zero-order valence-corrected chi connectivity index (χ0v) is 21.2. The number of allylic oxidation sites excluding steroid dienone is 2. The number of nitrogens with zero attached hydrogens (tertiary/aromatic N) is 1. The van der Waals surface area contributed by atoms with Crippen LogP contribution >= 0.6 is 11.8 Å². The first kappa shape index (κ1) is 25.9. The van der Waals surface area contributed by atoms with Crippen LogP contribution in [0.1, 0.15) is 35.1 Å². The summed E-state index contributed by atoms with van der Waals surface area (Å²) < 4.78 is 5.33. The van der Waals surface area contributed by atoms with Crippen molar-refractivity contribution in [3.63, 3.8) is 0 Å². The number of anilines is 1. The topological polar surface area (TPSA) is 91.2 Å². The Kier molecular flexibility index (Phi) is 8.56. The van der Waals surface area contributed by atoms with Gasteiger partial charge in [0.2, 0.25) is 5.91 Å². The predicted molar refractivity (Wildman–Crippen MR) is 141 cm³/mol. The number of hydrogen-bond acceptors (Lipinski definition) is 6. The second-order valence-electron chi connectivity index (χ2n) is 8.40. The fourth-order valence-electron chi connectivity index (χ4n) is 3.88. The molecule has 1 amide bonds. The van der Waals surface area contributed by atoms with Gasteiger partial charge in [-0.1, -0.05) is 71.9 Å². The summed E-state index contributed by atoms with van der Waals surface area (Å²) in [5.41, 5.74) is 6.06. The van der Waals surface area contributed by atoms with Crippen LogP contribution in [0.2, 0.25) is 0 Å². The molecule has 0 saturated heterocycles. The molecule has 0 fully saturated rings. The molecule has 3 rings (SSSR count). The van der Waals surface area contributed by atoms with E-state index >= 15 is 0 Å². The van der Waals surface area contributed by atoms with Gasteiger partial charge in [-0.2, -0.15) is 5.26 Å². The molecule has 2 N–H and O–H groups in total. The number of ether oxygens (including phenoxy) is 1. The number of dihydropyridines is 1.